The Morgan fingerprint density at radius 3 is 2.65 bits per heavy atom. The van der Waals surface area contributed by atoms with Crippen LogP contribution in [0, 0.1) is 17.3 Å². The minimum Gasteiger partial charge on any atom is -0.327 e. The summed E-state index contributed by atoms with van der Waals surface area (Å²) in [7, 11) is 2.06. The Morgan fingerprint density at radius 2 is 2.10 bits per heavy atom. The predicted molar refractivity (Wildman–Crippen MR) is 84.6 cm³/mol. The van der Waals surface area contributed by atoms with Gasteiger partial charge < -0.3 is 5.73 Å². The van der Waals surface area contributed by atoms with Crippen LogP contribution < -0.4 is 5.73 Å². The lowest BCUT2D eigenvalue weighted by Gasteiger charge is -2.42. The van der Waals surface area contributed by atoms with Crippen molar-refractivity contribution in [2.75, 3.05) is 0 Å². The van der Waals surface area contributed by atoms with Crippen LogP contribution in [0.25, 0.3) is 0 Å². The number of hydrogen-bond acceptors (Lipinski definition) is 2. The first kappa shape index (κ1) is 15.6. The van der Waals surface area contributed by atoms with E-state index in [1.165, 1.54) is 30.7 Å². The van der Waals surface area contributed by atoms with Gasteiger partial charge in [0, 0.05) is 18.8 Å². The molecular formula is C17H31N3. The smallest absolute Gasteiger partial charge is 0.0624 e. The molecule has 1 heterocycles. The summed E-state index contributed by atoms with van der Waals surface area (Å²) in [6.07, 6.45) is 5.86. The van der Waals surface area contributed by atoms with Gasteiger partial charge >= 0.3 is 0 Å². The number of nitrogens with zero attached hydrogens (tertiary/aromatic N) is 2. The Bertz CT molecular complexity index is 447. The van der Waals surface area contributed by atoms with Crippen molar-refractivity contribution in [3.05, 3.63) is 17.5 Å². The van der Waals surface area contributed by atoms with Crippen LogP contribution in [0.5, 0.6) is 0 Å². The average Bonchev–Trinajstić information content (AvgIpc) is 2.69. The maximum atomic E-state index is 6.46. The van der Waals surface area contributed by atoms with Gasteiger partial charge in [-0.05, 0) is 49.0 Å². The summed E-state index contributed by atoms with van der Waals surface area (Å²) in [5, 5.41) is 4.57. The normalized spacial score (nSPS) is 27.8. The highest BCUT2D eigenvalue weighted by Gasteiger charge is 2.37. The first-order valence-corrected chi connectivity index (χ1v) is 8.11. The van der Waals surface area contributed by atoms with Gasteiger partial charge in [-0.1, -0.05) is 34.1 Å². The summed E-state index contributed by atoms with van der Waals surface area (Å²) in [4.78, 5) is 0. The molecule has 0 spiro atoms. The molecule has 0 aromatic carbocycles. The van der Waals surface area contributed by atoms with Gasteiger partial charge in [-0.25, -0.2) is 0 Å². The first-order valence-electron chi connectivity index (χ1n) is 8.11. The predicted octanol–water partition coefficient (Wildman–Crippen LogP) is 3.31. The van der Waals surface area contributed by atoms with Crippen molar-refractivity contribution < 1.29 is 0 Å². The fourth-order valence-corrected chi connectivity index (χ4v) is 3.90. The molecule has 0 amide bonds. The second-order valence-electron chi connectivity index (χ2n) is 7.46. The van der Waals surface area contributed by atoms with E-state index in [1.54, 1.807) is 0 Å². The lowest BCUT2D eigenvalue weighted by Crippen LogP contribution is -2.44. The largest absolute Gasteiger partial charge is 0.327 e. The highest BCUT2D eigenvalue weighted by Crippen LogP contribution is 2.41. The lowest BCUT2D eigenvalue weighted by atomic mass is 9.65. The Kier molecular flexibility index (Phi) is 4.58. The summed E-state index contributed by atoms with van der Waals surface area (Å²) in [5.74, 6) is 1.42. The second-order valence-corrected chi connectivity index (χ2v) is 7.46. The van der Waals surface area contributed by atoms with Crippen molar-refractivity contribution in [1.82, 2.24) is 9.78 Å². The second kappa shape index (κ2) is 5.88. The van der Waals surface area contributed by atoms with Gasteiger partial charge in [-0.3, -0.25) is 4.68 Å². The highest BCUT2D eigenvalue weighted by molar-refractivity contribution is 5.12. The van der Waals surface area contributed by atoms with Crippen molar-refractivity contribution in [2.24, 2.45) is 30.0 Å². The number of rotatable bonds is 4. The maximum absolute atomic E-state index is 6.46. The SMILES string of the molecule is CCc1cc(CC(C)(C)C2CCC(C)CC2N)n(C)n1. The third kappa shape index (κ3) is 3.25. The zero-order valence-electron chi connectivity index (χ0n) is 13.8. The van der Waals surface area contributed by atoms with E-state index < -0.39 is 0 Å². The Morgan fingerprint density at radius 1 is 1.40 bits per heavy atom. The molecular weight excluding hydrogens is 246 g/mol. The Hall–Kier alpha value is -0.830. The molecule has 1 aliphatic carbocycles. The van der Waals surface area contributed by atoms with Crippen LogP contribution in [0.15, 0.2) is 6.07 Å². The number of hydrogen-bond donors (Lipinski definition) is 1. The van der Waals surface area contributed by atoms with Crippen LogP contribution in [-0.4, -0.2) is 15.8 Å². The fourth-order valence-electron chi connectivity index (χ4n) is 3.90. The molecule has 3 nitrogen and oxygen atoms in total. The molecule has 114 valence electrons. The quantitative estimate of drug-likeness (QED) is 0.917. The minimum absolute atomic E-state index is 0.248. The molecule has 0 radical (unpaired) electrons. The lowest BCUT2D eigenvalue weighted by molar-refractivity contribution is 0.111. The van der Waals surface area contributed by atoms with Crippen molar-refractivity contribution in [3.63, 3.8) is 0 Å². The van der Waals surface area contributed by atoms with E-state index in [4.69, 9.17) is 5.73 Å². The molecule has 1 aliphatic rings. The van der Waals surface area contributed by atoms with Crippen LogP contribution in [0.2, 0.25) is 0 Å². The standard InChI is InChI=1S/C17H31N3/c1-6-13-10-14(20(5)19-13)11-17(3,4)15-8-7-12(2)9-16(15)18/h10,12,15-16H,6-9,11,18H2,1-5H3. The van der Waals surface area contributed by atoms with Crippen LogP contribution in [0.4, 0.5) is 0 Å². The molecule has 2 N–H and O–H groups in total. The van der Waals surface area contributed by atoms with Crippen LogP contribution >= 0.6 is 0 Å². The Labute approximate surface area is 123 Å². The van der Waals surface area contributed by atoms with E-state index in [0.717, 1.165) is 18.8 Å². The zero-order chi connectivity index (χ0) is 14.9. The molecule has 0 saturated heterocycles. The third-order valence-electron chi connectivity index (χ3n) is 5.19. The van der Waals surface area contributed by atoms with Crippen molar-refractivity contribution in [2.45, 2.75) is 65.8 Å². The highest BCUT2D eigenvalue weighted by atomic mass is 15.3. The number of nitrogens with two attached hydrogens (primary N) is 1. The molecule has 0 bridgehead atoms. The van der Waals surface area contributed by atoms with Crippen LogP contribution in [0.1, 0.15) is 58.3 Å². The van der Waals surface area contributed by atoms with E-state index in [2.05, 4.69) is 50.6 Å². The van der Waals surface area contributed by atoms with Gasteiger partial charge in [0.05, 0.1) is 5.69 Å². The van der Waals surface area contributed by atoms with Gasteiger partial charge in [0.15, 0.2) is 0 Å². The molecule has 3 heteroatoms. The van der Waals surface area contributed by atoms with Gasteiger partial charge in [0.25, 0.3) is 0 Å². The molecule has 3 atom stereocenters. The van der Waals surface area contributed by atoms with Crippen molar-refractivity contribution >= 4 is 0 Å². The number of aryl methyl sites for hydroxylation is 2. The van der Waals surface area contributed by atoms with Gasteiger partial charge in [-0.2, -0.15) is 5.10 Å². The molecule has 1 aromatic rings. The summed E-state index contributed by atoms with van der Waals surface area (Å²) >= 11 is 0. The Balaban J connectivity index is 2.11. The molecule has 2 rings (SSSR count). The van der Waals surface area contributed by atoms with Crippen LogP contribution in [-0.2, 0) is 19.9 Å². The third-order valence-corrected chi connectivity index (χ3v) is 5.19. The average molecular weight is 277 g/mol. The summed E-state index contributed by atoms with van der Waals surface area (Å²) < 4.78 is 2.05. The summed E-state index contributed by atoms with van der Waals surface area (Å²) in [6, 6.07) is 2.62. The van der Waals surface area contributed by atoms with Crippen molar-refractivity contribution in [1.29, 1.82) is 0 Å². The molecule has 0 aliphatic heterocycles. The van der Waals surface area contributed by atoms with E-state index in [-0.39, 0.29) is 5.41 Å². The van der Waals surface area contributed by atoms with Gasteiger partial charge in [-0.15, -0.1) is 0 Å². The molecule has 1 aromatic heterocycles. The molecule has 1 saturated carbocycles. The van der Waals surface area contributed by atoms with Gasteiger partial charge in [0.2, 0.25) is 0 Å². The molecule has 1 fully saturated rings. The summed E-state index contributed by atoms with van der Waals surface area (Å²) in [6.45, 7) is 9.26. The van der Waals surface area contributed by atoms with Crippen molar-refractivity contribution in [3.8, 4) is 0 Å². The zero-order valence-corrected chi connectivity index (χ0v) is 13.8. The van der Waals surface area contributed by atoms with E-state index >= 15 is 0 Å². The first-order chi connectivity index (χ1) is 9.33. The van der Waals surface area contributed by atoms with E-state index in [9.17, 15) is 0 Å². The molecule has 3 unspecified atom stereocenters. The fraction of sp³-hybridized carbons (Fsp3) is 0.824. The minimum atomic E-state index is 0.248. The monoisotopic (exact) mass is 277 g/mol. The molecule has 20 heavy (non-hydrogen) atoms. The number of aromatic nitrogens is 2. The van der Waals surface area contributed by atoms with Crippen LogP contribution in [0.3, 0.4) is 0 Å². The van der Waals surface area contributed by atoms with E-state index in [0.29, 0.717) is 12.0 Å². The summed E-state index contributed by atoms with van der Waals surface area (Å²) in [5.41, 5.74) is 9.24. The van der Waals surface area contributed by atoms with E-state index in [1.807, 2.05) is 0 Å². The topological polar surface area (TPSA) is 43.8 Å². The van der Waals surface area contributed by atoms with Gasteiger partial charge in [0.1, 0.15) is 0 Å². The maximum Gasteiger partial charge on any atom is 0.0624 e.